The molecule has 1 atom stereocenters. The van der Waals surface area contributed by atoms with Gasteiger partial charge >= 0.3 is 0 Å². The van der Waals surface area contributed by atoms with Crippen molar-refractivity contribution in [3.8, 4) is 0 Å². The summed E-state index contributed by atoms with van der Waals surface area (Å²) in [6, 6.07) is 0. The van der Waals surface area contributed by atoms with Gasteiger partial charge in [0.05, 0.1) is 12.5 Å². The molecule has 1 rings (SSSR count). The van der Waals surface area contributed by atoms with E-state index in [-0.39, 0.29) is 11.8 Å². The Labute approximate surface area is 92.0 Å². The fourth-order valence-electron chi connectivity index (χ4n) is 1.98. The molecule has 0 spiro atoms. The smallest absolute Gasteiger partial charge is 0.224 e. The zero-order valence-electron chi connectivity index (χ0n) is 9.79. The van der Waals surface area contributed by atoms with Crippen molar-refractivity contribution >= 4 is 5.91 Å². The number of piperidine rings is 1. The first kappa shape index (κ1) is 12.5. The van der Waals surface area contributed by atoms with Crippen LogP contribution < -0.4 is 5.32 Å². The summed E-state index contributed by atoms with van der Waals surface area (Å²) in [6.07, 6.45) is 2.16. The van der Waals surface area contributed by atoms with E-state index in [1.165, 1.54) is 0 Å². The zero-order valence-corrected chi connectivity index (χ0v) is 9.79. The molecule has 0 aromatic rings. The Morgan fingerprint density at radius 3 is 3.07 bits per heavy atom. The number of amides is 1. The van der Waals surface area contributed by atoms with Crippen molar-refractivity contribution in [2.75, 3.05) is 39.9 Å². The molecule has 1 saturated heterocycles. The monoisotopic (exact) mass is 214 g/mol. The second-order valence-corrected chi connectivity index (χ2v) is 4.02. The van der Waals surface area contributed by atoms with E-state index in [4.69, 9.17) is 4.74 Å². The van der Waals surface area contributed by atoms with Gasteiger partial charge in [-0.2, -0.15) is 0 Å². The van der Waals surface area contributed by atoms with E-state index in [2.05, 4.69) is 17.1 Å². The van der Waals surface area contributed by atoms with Crippen molar-refractivity contribution < 1.29 is 9.53 Å². The van der Waals surface area contributed by atoms with Gasteiger partial charge in [0.1, 0.15) is 0 Å². The van der Waals surface area contributed by atoms with Crippen molar-refractivity contribution in [3.63, 3.8) is 0 Å². The molecule has 0 aromatic heterocycles. The molecule has 1 aliphatic rings. The fourth-order valence-corrected chi connectivity index (χ4v) is 1.98. The maximum absolute atomic E-state index is 11.7. The van der Waals surface area contributed by atoms with Crippen LogP contribution in [0.5, 0.6) is 0 Å². The van der Waals surface area contributed by atoms with Gasteiger partial charge in [-0.3, -0.25) is 4.79 Å². The zero-order chi connectivity index (χ0) is 11.1. The number of likely N-dealkylation sites (tertiary alicyclic amines) is 1. The van der Waals surface area contributed by atoms with Crippen LogP contribution in [-0.2, 0) is 9.53 Å². The van der Waals surface area contributed by atoms with Crippen molar-refractivity contribution in [1.29, 1.82) is 0 Å². The molecule has 1 fully saturated rings. The molecule has 88 valence electrons. The van der Waals surface area contributed by atoms with Crippen molar-refractivity contribution in [2.45, 2.75) is 19.8 Å². The quantitative estimate of drug-likeness (QED) is 0.677. The summed E-state index contributed by atoms with van der Waals surface area (Å²) in [5.41, 5.74) is 0. The number of ether oxygens (including phenoxy) is 1. The van der Waals surface area contributed by atoms with Crippen LogP contribution in [0.2, 0.25) is 0 Å². The average molecular weight is 214 g/mol. The minimum Gasteiger partial charge on any atom is -0.383 e. The molecule has 1 amide bonds. The Bertz CT molecular complexity index is 197. The summed E-state index contributed by atoms with van der Waals surface area (Å²) in [6.45, 7) is 6.45. The lowest BCUT2D eigenvalue weighted by Crippen LogP contribution is -2.43. The van der Waals surface area contributed by atoms with Crippen LogP contribution in [0.4, 0.5) is 0 Å². The number of rotatable bonds is 5. The summed E-state index contributed by atoms with van der Waals surface area (Å²) >= 11 is 0. The molecular weight excluding hydrogens is 192 g/mol. The van der Waals surface area contributed by atoms with Crippen LogP contribution in [-0.4, -0.2) is 50.7 Å². The minimum atomic E-state index is 0.176. The Morgan fingerprint density at radius 1 is 1.60 bits per heavy atom. The Morgan fingerprint density at radius 2 is 2.40 bits per heavy atom. The number of methoxy groups -OCH3 is 1. The van der Waals surface area contributed by atoms with Gasteiger partial charge in [-0.15, -0.1) is 0 Å². The van der Waals surface area contributed by atoms with Gasteiger partial charge in [0.15, 0.2) is 0 Å². The van der Waals surface area contributed by atoms with Crippen molar-refractivity contribution in [3.05, 3.63) is 0 Å². The summed E-state index contributed by atoms with van der Waals surface area (Å²) in [4.78, 5) is 14.1. The number of hydrogen-bond donors (Lipinski definition) is 1. The van der Waals surface area contributed by atoms with Gasteiger partial charge in [0.2, 0.25) is 5.91 Å². The Hall–Kier alpha value is -0.610. The molecular formula is C11H22N2O2. The first-order valence-corrected chi connectivity index (χ1v) is 5.77. The summed E-state index contributed by atoms with van der Waals surface area (Å²) < 4.78 is 4.90. The van der Waals surface area contributed by atoms with Crippen LogP contribution in [0.3, 0.4) is 0 Å². The number of carbonyl (C=O) groups excluding carboxylic acids is 1. The average Bonchev–Trinajstić information content (AvgIpc) is 2.29. The number of carbonyl (C=O) groups is 1. The van der Waals surface area contributed by atoms with E-state index in [0.29, 0.717) is 13.2 Å². The van der Waals surface area contributed by atoms with Crippen LogP contribution in [0, 0.1) is 5.92 Å². The number of nitrogens with one attached hydrogen (secondary N) is 1. The highest BCUT2D eigenvalue weighted by Gasteiger charge is 2.24. The van der Waals surface area contributed by atoms with Crippen LogP contribution >= 0.6 is 0 Å². The van der Waals surface area contributed by atoms with Crippen LogP contribution in [0.15, 0.2) is 0 Å². The SMILES string of the molecule is CCN1CCCC(C(=O)NCCOC)C1. The summed E-state index contributed by atoms with van der Waals surface area (Å²) in [5.74, 6) is 0.362. The maximum Gasteiger partial charge on any atom is 0.224 e. The summed E-state index contributed by atoms with van der Waals surface area (Å²) in [7, 11) is 1.64. The highest BCUT2D eigenvalue weighted by molar-refractivity contribution is 5.78. The highest BCUT2D eigenvalue weighted by Crippen LogP contribution is 2.15. The third kappa shape index (κ3) is 4.18. The van der Waals surface area contributed by atoms with E-state index in [1.54, 1.807) is 7.11 Å². The largest absolute Gasteiger partial charge is 0.383 e. The number of nitrogens with zero attached hydrogens (tertiary/aromatic N) is 1. The standard InChI is InChI=1S/C11H22N2O2/c1-3-13-7-4-5-10(9-13)11(14)12-6-8-15-2/h10H,3-9H2,1-2H3,(H,12,14). The topological polar surface area (TPSA) is 41.6 Å². The highest BCUT2D eigenvalue weighted by atomic mass is 16.5. The molecule has 1 aliphatic heterocycles. The predicted molar refractivity (Wildman–Crippen MR) is 59.7 cm³/mol. The van der Waals surface area contributed by atoms with Gasteiger partial charge in [-0.1, -0.05) is 6.92 Å². The molecule has 0 saturated carbocycles. The van der Waals surface area contributed by atoms with Gasteiger partial charge in [-0.25, -0.2) is 0 Å². The van der Waals surface area contributed by atoms with E-state index in [1.807, 2.05) is 0 Å². The Balaban J connectivity index is 2.25. The molecule has 1 N–H and O–H groups in total. The molecule has 0 bridgehead atoms. The third-order valence-corrected chi connectivity index (χ3v) is 2.93. The first-order valence-electron chi connectivity index (χ1n) is 5.77. The lowest BCUT2D eigenvalue weighted by molar-refractivity contribution is -0.126. The lowest BCUT2D eigenvalue weighted by Gasteiger charge is -2.30. The summed E-state index contributed by atoms with van der Waals surface area (Å²) in [5, 5.41) is 2.91. The lowest BCUT2D eigenvalue weighted by atomic mass is 9.97. The maximum atomic E-state index is 11.7. The predicted octanol–water partition coefficient (Wildman–Crippen LogP) is 0.481. The molecule has 15 heavy (non-hydrogen) atoms. The fraction of sp³-hybridized carbons (Fsp3) is 0.909. The van der Waals surface area contributed by atoms with Gasteiger partial charge in [0.25, 0.3) is 0 Å². The third-order valence-electron chi connectivity index (χ3n) is 2.93. The molecule has 1 unspecified atom stereocenters. The molecule has 1 heterocycles. The van der Waals surface area contributed by atoms with Crippen molar-refractivity contribution in [1.82, 2.24) is 10.2 Å². The van der Waals surface area contributed by atoms with Gasteiger partial charge in [-0.05, 0) is 25.9 Å². The molecule has 4 heteroatoms. The van der Waals surface area contributed by atoms with Crippen LogP contribution in [0.1, 0.15) is 19.8 Å². The minimum absolute atomic E-state index is 0.176. The van der Waals surface area contributed by atoms with Crippen molar-refractivity contribution in [2.24, 2.45) is 5.92 Å². The Kier molecular flexibility index (Phi) is 5.65. The van der Waals surface area contributed by atoms with Gasteiger partial charge < -0.3 is 15.0 Å². The van der Waals surface area contributed by atoms with E-state index >= 15 is 0 Å². The van der Waals surface area contributed by atoms with Crippen LogP contribution in [0.25, 0.3) is 0 Å². The van der Waals surface area contributed by atoms with E-state index in [9.17, 15) is 4.79 Å². The number of hydrogen-bond acceptors (Lipinski definition) is 3. The molecule has 0 aromatic carbocycles. The molecule has 0 aliphatic carbocycles. The normalized spacial score (nSPS) is 22.7. The van der Waals surface area contributed by atoms with E-state index < -0.39 is 0 Å². The van der Waals surface area contributed by atoms with E-state index in [0.717, 1.165) is 32.5 Å². The molecule has 4 nitrogen and oxygen atoms in total. The molecule has 0 radical (unpaired) electrons. The van der Waals surface area contributed by atoms with Gasteiger partial charge in [0, 0.05) is 20.2 Å². The second kappa shape index (κ2) is 6.80. The second-order valence-electron chi connectivity index (χ2n) is 4.02. The first-order chi connectivity index (χ1) is 7.27.